The number of hydrogen-bond donors (Lipinski definition) is 1. The predicted octanol–water partition coefficient (Wildman–Crippen LogP) is 3.30. The van der Waals surface area contributed by atoms with Gasteiger partial charge in [0.2, 0.25) is 0 Å². The quantitative estimate of drug-likeness (QED) is 0.818. The van der Waals surface area contributed by atoms with Crippen molar-refractivity contribution in [2.75, 3.05) is 14.2 Å². The monoisotopic (exact) mass is 292 g/mol. The van der Waals surface area contributed by atoms with Crippen molar-refractivity contribution in [3.8, 4) is 0 Å². The molecule has 0 aromatic heterocycles. The number of aliphatic hydroxyl groups is 1. The summed E-state index contributed by atoms with van der Waals surface area (Å²) in [5.41, 5.74) is -0.175. The van der Waals surface area contributed by atoms with Gasteiger partial charge in [0.25, 0.3) is 0 Å². The summed E-state index contributed by atoms with van der Waals surface area (Å²) in [6, 6.07) is 5.37. The SMILES string of the molecule is COC(CC(C)(O)Cc1cccc(Cl)c1Cl)OC. The smallest absolute Gasteiger partial charge is 0.159 e. The van der Waals surface area contributed by atoms with Crippen LogP contribution in [0.1, 0.15) is 18.9 Å². The number of ether oxygens (including phenoxy) is 2. The second-order valence-electron chi connectivity index (χ2n) is 4.49. The van der Waals surface area contributed by atoms with Crippen LogP contribution >= 0.6 is 23.2 Å². The first kappa shape index (κ1) is 15.7. The Labute approximate surface area is 118 Å². The van der Waals surface area contributed by atoms with Crippen LogP contribution in [-0.2, 0) is 15.9 Å². The molecule has 1 atom stereocenters. The first-order chi connectivity index (χ1) is 8.39. The lowest BCUT2D eigenvalue weighted by molar-refractivity contribution is -0.139. The van der Waals surface area contributed by atoms with Crippen molar-refractivity contribution >= 4 is 23.2 Å². The van der Waals surface area contributed by atoms with Crippen LogP contribution in [0.5, 0.6) is 0 Å². The minimum atomic E-state index is -0.981. The Hall–Kier alpha value is -0.320. The third-order valence-electron chi connectivity index (χ3n) is 2.74. The Balaban J connectivity index is 2.78. The number of benzene rings is 1. The zero-order valence-electron chi connectivity index (χ0n) is 10.7. The maximum atomic E-state index is 10.4. The van der Waals surface area contributed by atoms with Crippen LogP contribution in [0.25, 0.3) is 0 Å². The largest absolute Gasteiger partial charge is 0.390 e. The maximum Gasteiger partial charge on any atom is 0.159 e. The predicted molar refractivity (Wildman–Crippen MR) is 73.2 cm³/mol. The fraction of sp³-hybridized carbons (Fsp3) is 0.538. The van der Waals surface area contributed by atoms with Gasteiger partial charge in [-0.15, -0.1) is 0 Å². The van der Waals surface area contributed by atoms with Crippen LogP contribution in [-0.4, -0.2) is 31.2 Å². The Bertz CT molecular complexity index is 390. The van der Waals surface area contributed by atoms with Gasteiger partial charge >= 0.3 is 0 Å². The van der Waals surface area contributed by atoms with Gasteiger partial charge in [-0.05, 0) is 18.6 Å². The molecule has 0 saturated carbocycles. The van der Waals surface area contributed by atoms with Gasteiger partial charge in [0.05, 0.1) is 15.6 Å². The summed E-state index contributed by atoms with van der Waals surface area (Å²) >= 11 is 12.0. The Morgan fingerprint density at radius 1 is 1.28 bits per heavy atom. The van der Waals surface area contributed by atoms with E-state index < -0.39 is 11.9 Å². The molecule has 0 aliphatic rings. The minimum absolute atomic E-state index is 0.350. The Morgan fingerprint density at radius 3 is 2.44 bits per heavy atom. The molecule has 3 nitrogen and oxygen atoms in total. The van der Waals surface area contributed by atoms with E-state index in [4.69, 9.17) is 32.7 Å². The molecule has 0 radical (unpaired) electrons. The summed E-state index contributed by atoms with van der Waals surface area (Å²) in [5.74, 6) is 0. The first-order valence-corrected chi connectivity index (χ1v) is 6.36. The molecule has 1 N–H and O–H groups in total. The molecule has 102 valence electrons. The summed E-state index contributed by atoms with van der Waals surface area (Å²) in [7, 11) is 3.08. The van der Waals surface area contributed by atoms with E-state index in [0.717, 1.165) is 5.56 Å². The molecule has 0 aliphatic heterocycles. The summed E-state index contributed by atoms with van der Waals surface area (Å²) in [5, 5.41) is 11.3. The van der Waals surface area contributed by atoms with E-state index >= 15 is 0 Å². The normalized spacial score (nSPS) is 14.8. The highest BCUT2D eigenvalue weighted by Gasteiger charge is 2.27. The van der Waals surface area contributed by atoms with Crippen molar-refractivity contribution in [3.63, 3.8) is 0 Å². The zero-order chi connectivity index (χ0) is 13.8. The number of rotatable bonds is 6. The lowest BCUT2D eigenvalue weighted by Gasteiger charge is -2.27. The number of methoxy groups -OCH3 is 2. The summed E-state index contributed by atoms with van der Waals surface area (Å²) in [6.07, 6.45) is 0.288. The molecule has 0 spiro atoms. The Morgan fingerprint density at radius 2 is 1.89 bits per heavy atom. The van der Waals surface area contributed by atoms with Gasteiger partial charge in [-0.2, -0.15) is 0 Å². The van der Waals surface area contributed by atoms with Crippen LogP contribution in [0, 0.1) is 0 Å². The van der Waals surface area contributed by atoms with Crippen molar-refractivity contribution in [2.24, 2.45) is 0 Å². The summed E-state index contributed by atoms with van der Waals surface area (Å²) in [4.78, 5) is 0. The van der Waals surface area contributed by atoms with Crippen molar-refractivity contribution in [2.45, 2.75) is 31.7 Å². The van der Waals surface area contributed by atoms with Crippen molar-refractivity contribution < 1.29 is 14.6 Å². The van der Waals surface area contributed by atoms with Crippen LogP contribution in [0.15, 0.2) is 18.2 Å². The standard InChI is InChI=1S/C13H18Cl2O3/c1-13(16,8-11(17-2)18-3)7-9-5-4-6-10(14)12(9)15/h4-6,11,16H,7-8H2,1-3H3. The van der Waals surface area contributed by atoms with Crippen LogP contribution in [0.2, 0.25) is 10.0 Å². The summed E-state index contributed by atoms with van der Waals surface area (Å²) in [6.45, 7) is 1.72. The second-order valence-corrected chi connectivity index (χ2v) is 5.28. The molecule has 0 heterocycles. The van der Waals surface area contributed by atoms with E-state index in [1.54, 1.807) is 13.0 Å². The highest BCUT2D eigenvalue weighted by atomic mass is 35.5. The first-order valence-electron chi connectivity index (χ1n) is 5.60. The van der Waals surface area contributed by atoms with Crippen LogP contribution < -0.4 is 0 Å². The molecule has 0 bridgehead atoms. The van der Waals surface area contributed by atoms with Gasteiger partial charge in [0.15, 0.2) is 6.29 Å². The highest BCUT2D eigenvalue weighted by Crippen LogP contribution is 2.29. The van der Waals surface area contributed by atoms with Gasteiger partial charge in [-0.1, -0.05) is 35.3 Å². The van der Waals surface area contributed by atoms with Gasteiger partial charge in [-0.25, -0.2) is 0 Å². The van der Waals surface area contributed by atoms with Gasteiger partial charge in [0.1, 0.15) is 0 Å². The third kappa shape index (κ3) is 4.41. The van der Waals surface area contributed by atoms with Gasteiger partial charge in [0, 0.05) is 27.1 Å². The molecule has 1 aromatic carbocycles. The third-order valence-corrected chi connectivity index (χ3v) is 3.59. The maximum absolute atomic E-state index is 10.4. The molecule has 1 aromatic rings. The zero-order valence-corrected chi connectivity index (χ0v) is 12.3. The number of hydrogen-bond acceptors (Lipinski definition) is 3. The summed E-state index contributed by atoms with van der Waals surface area (Å²) < 4.78 is 10.2. The van der Waals surface area contributed by atoms with E-state index in [1.165, 1.54) is 14.2 Å². The lowest BCUT2D eigenvalue weighted by Crippen LogP contribution is -2.34. The van der Waals surface area contributed by atoms with Crippen LogP contribution in [0.4, 0.5) is 0 Å². The molecular weight excluding hydrogens is 275 g/mol. The topological polar surface area (TPSA) is 38.7 Å². The fourth-order valence-corrected chi connectivity index (χ4v) is 2.18. The lowest BCUT2D eigenvalue weighted by atomic mass is 9.93. The van der Waals surface area contributed by atoms with Crippen molar-refractivity contribution in [1.82, 2.24) is 0 Å². The van der Waals surface area contributed by atoms with E-state index in [-0.39, 0.29) is 0 Å². The number of halogens is 2. The highest BCUT2D eigenvalue weighted by molar-refractivity contribution is 6.42. The molecule has 0 amide bonds. The molecule has 1 unspecified atom stereocenters. The molecule has 18 heavy (non-hydrogen) atoms. The fourth-order valence-electron chi connectivity index (χ4n) is 1.79. The molecule has 0 aliphatic carbocycles. The van der Waals surface area contributed by atoms with E-state index in [1.807, 2.05) is 12.1 Å². The van der Waals surface area contributed by atoms with Crippen molar-refractivity contribution in [1.29, 1.82) is 0 Å². The average Bonchev–Trinajstić information content (AvgIpc) is 2.32. The van der Waals surface area contributed by atoms with Crippen LogP contribution in [0.3, 0.4) is 0 Å². The molecular formula is C13H18Cl2O3. The second kappa shape index (κ2) is 6.73. The molecule has 0 fully saturated rings. The van der Waals surface area contributed by atoms with E-state index in [2.05, 4.69) is 0 Å². The minimum Gasteiger partial charge on any atom is -0.390 e. The molecule has 5 heteroatoms. The average molecular weight is 293 g/mol. The Kier molecular flexibility index (Phi) is 5.89. The molecule has 1 rings (SSSR count). The molecule has 0 saturated heterocycles. The van der Waals surface area contributed by atoms with Gasteiger partial charge in [-0.3, -0.25) is 0 Å². The van der Waals surface area contributed by atoms with Crippen molar-refractivity contribution in [3.05, 3.63) is 33.8 Å². The van der Waals surface area contributed by atoms with E-state index in [9.17, 15) is 5.11 Å². The van der Waals surface area contributed by atoms with Gasteiger partial charge < -0.3 is 14.6 Å². The van der Waals surface area contributed by atoms with E-state index in [0.29, 0.717) is 22.9 Å².